The standard InChI is InChI=1S/C22H21F3O6/c1-3-18(26)21(19(27)12-13-20(28)29-2)31-17-10-8-16(9-11-17)30-15-6-4-14(5-7-15)22(23,24)25/h4-11,21H,3,12-13H2,1-2H3. The van der Waals surface area contributed by atoms with Gasteiger partial charge >= 0.3 is 12.1 Å². The summed E-state index contributed by atoms with van der Waals surface area (Å²) < 4.78 is 53.3. The second-order valence-corrected chi connectivity index (χ2v) is 6.46. The lowest BCUT2D eigenvalue weighted by Gasteiger charge is -2.16. The SMILES string of the molecule is CCC(=O)C(Oc1ccc(Oc2ccc(C(F)(F)F)cc2)cc1)C(=O)CCC(=O)OC. The third-order valence-corrected chi connectivity index (χ3v) is 4.23. The molecule has 166 valence electrons. The molecule has 0 aliphatic rings. The molecular formula is C22H21F3O6. The molecule has 0 fully saturated rings. The predicted molar refractivity (Wildman–Crippen MR) is 104 cm³/mol. The number of hydrogen-bond donors (Lipinski definition) is 0. The number of esters is 1. The van der Waals surface area contributed by atoms with Gasteiger partial charge in [0.1, 0.15) is 17.2 Å². The zero-order valence-electron chi connectivity index (χ0n) is 16.9. The van der Waals surface area contributed by atoms with Crippen molar-refractivity contribution in [2.24, 2.45) is 0 Å². The van der Waals surface area contributed by atoms with E-state index in [2.05, 4.69) is 4.74 Å². The molecule has 0 saturated carbocycles. The van der Waals surface area contributed by atoms with E-state index in [4.69, 9.17) is 9.47 Å². The van der Waals surface area contributed by atoms with Gasteiger partial charge in [0.2, 0.25) is 6.10 Å². The first-order valence-corrected chi connectivity index (χ1v) is 9.38. The zero-order chi connectivity index (χ0) is 23.0. The van der Waals surface area contributed by atoms with Crippen molar-refractivity contribution in [2.75, 3.05) is 7.11 Å². The molecule has 2 rings (SSSR count). The Morgan fingerprint density at radius 3 is 1.84 bits per heavy atom. The monoisotopic (exact) mass is 438 g/mol. The van der Waals surface area contributed by atoms with Gasteiger partial charge in [0.25, 0.3) is 0 Å². The fourth-order valence-corrected chi connectivity index (χ4v) is 2.53. The lowest BCUT2D eigenvalue weighted by Crippen LogP contribution is -2.35. The highest BCUT2D eigenvalue weighted by Crippen LogP contribution is 2.31. The highest BCUT2D eigenvalue weighted by molar-refractivity contribution is 6.06. The van der Waals surface area contributed by atoms with Crippen molar-refractivity contribution in [3.8, 4) is 17.2 Å². The van der Waals surface area contributed by atoms with Crippen LogP contribution in [-0.4, -0.2) is 30.7 Å². The molecule has 0 aromatic heterocycles. The molecule has 2 aromatic rings. The molecule has 0 heterocycles. The molecule has 1 unspecified atom stereocenters. The second-order valence-electron chi connectivity index (χ2n) is 6.46. The summed E-state index contributed by atoms with van der Waals surface area (Å²) in [7, 11) is 1.20. The molecule has 0 aliphatic carbocycles. The molecule has 9 heteroatoms. The maximum absolute atomic E-state index is 12.6. The van der Waals surface area contributed by atoms with E-state index in [0.717, 1.165) is 12.1 Å². The number of rotatable bonds is 10. The maximum atomic E-state index is 12.6. The van der Waals surface area contributed by atoms with Crippen molar-refractivity contribution in [3.05, 3.63) is 54.1 Å². The summed E-state index contributed by atoms with van der Waals surface area (Å²) in [6.45, 7) is 1.59. The molecule has 0 saturated heterocycles. The summed E-state index contributed by atoms with van der Waals surface area (Å²) in [6.07, 6.45) is -6.07. The highest BCUT2D eigenvalue weighted by atomic mass is 19.4. The molecule has 0 amide bonds. The summed E-state index contributed by atoms with van der Waals surface area (Å²) in [5.74, 6) is -0.790. The zero-order valence-corrected chi connectivity index (χ0v) is 16.9. The molecule has 0 N–H and O–H groups in total. The van der Waals surface area contributed by atoms with Crippen molar-refractivity contribution >= 4 is 17.5 Å². The lowest BCUT2D eigenvalue weighted by molar-refractivity contribution is -0.144. The van der Waals surface area contributed by atoms with Crippen molar-refractivity contribution in [2.45, 2.75) is 38.5 Å². The third-order valence-electron chi connectivity index (χ3n) is 4.23. The second kappa shape index (κ2) is 10.6. The van der Waals surface area contributed by atoms with Crippen LogP contribution in [0.3, 0.4) is 0 Å². The molecule has 2 aromatic carbocycles. The van der Waals surface area contributed by atoms with Gasteiger partial charge in [0.15, 0.2) is 11.6 Å². The number of benzene rings is 2. The first-order chi connectivity index (χ1) is 14.6. The number of hydrogen-bond acceptors (Lipinski definition) is 6. The largest absolute Gasteiger partial charge is 0.475 e. The van der Waals surface area contributed by atoms with Crippen molar-refractivity contribution in [1.82, 2.24) is 0 Å². The van der Waals surface area contributed by atoms with Crippen LogP contribution in [0.4, 0.5) is 13.2 Å². The van der Waals surface area contributed by atoms with Crippen LogP contribution in [0.5, 0.6) is 17.2 Å². The number of methoxy groups -OCH3 is 1. The van der Waals surface area contributed by atoms with Gasteiger partial charge in [-0.3, -0.25) is 14.4 Å². The first-order valence-electron chi connectivity index (χ1n) is 9.38. The van der Waals surface area contributed by atoms with Crippen LogP contribution in [-0.2, 0) is 25.3 Å². The first kappa shape index (κ1) is 23.9. The smallest absolute Gasteiger partial charge is 0.416 e. The Kier molecular flexibility index (Phi) is 8.18. The molecule has 6 nitrogen and oxygen atoms in total. The van der Waals surface area contributed by atoms with E-state index in [1.165, 1.54) is 43.5 Å². The molecule has 31 heavy (non-hydrogen) atoms. The van der Waals surface area contributed by atoms with Gasteiger partial charge in [-0.15, -0.1) is 0 Å². The Labute approximate surface area is 176 Å². The lowest BCUT2D eigenvalue weighted by atomic mass is 10.0. The van der Waals surface area contributed by atoms with Crippen LogP contribution >= 0.6 is 0 Å². The summed E-state index contributed by atoms with van der Waals surface area (Å²) >= 11 is 0. The van der Waals surface area contributed by atoms with Crippen LogP contribution < -0.4 is 9.47 Å². The minimum atomic E-state index is -4.43. The number of alkyl halides is 3. The van der Waals surface area contributed by atoms with Crippen molar-refractivity contribution < 1.29 is 41.8 Å². The Balaban J connectivity index is 2.04. The van der Waals surface area contributed by atoms with Crippen LogP contribution in [0.25, 0.3) is 0 Å². The van der Waals surface area contributed by atoms with Crippen LogP contribution in [0, 0.1) is 0 Å². The normalized spacial score (nSPS) is 12.0. The Bertz CT molecular complexity index is 904. The Hall–Kier alpha value is -3.36. The molecular weight excluding hydrogens is 417 g/mol. The Morgan fingerprint density at radius 2 is 1.35 bits per heavy atom. The third kappa shape index (κ3) is 7.13. The van der Waals surface area contributed by atoms with Gasteiger partial charge in [-0.25, -0.2) is 0 Å². The van der Waals surface area contributed by atoms with Gasteiger partial charge in [-0.05, 0) is 48.5 Å². The summed E-state index contributed by atoms with van der Waals surface area (Å²) in [4.78, 5) is 35.6. The van der Waals surface area contributed by atoms with Gasteiger partial charge in [0.05, 0.1) is 19.1 Å². The van der Waals surface area contributed by atoms with E-state index < -0.39 is 35.4 Å². The van der Waals surface area contributed by atoms with Crippen LogP contribution in [0.15, 0.2) is 48.5 Å². The summed E-state index contributed by atoms with van der Waals surface area (Å²) in [5.41, 5.74) is -0.785. The number of ether oxygens (including phenoxy) is 3. The van der Waals surface area contributed by atoms with E-state index in [0.29, 0.717) is 5.75 Å². The topological polar surface area (TPSA) is 78.9 Å². The number of Topliss-reactive ketones (excluding diaryl/α,β-unsaturated/α-hetero) is 2. The molecule has 0 spiro atoms. The maximum Gasteiger partial charge on any atom is 0.416 e. The summed E-state index contributed by atoms with van der Waals surface area (Å²) in [6, 6.07) is 10.1. The van der Waals surface area contributed by atoms with Crippen LogP contribution in [0.1, 0.15) is 31.7 Å². The fraction of sp³-hybridized carbons (Fsp3) is 0.318. The van der Waals surface area contributed by atoms with E-state index in [1.807, 2.05) is 0 Å². The van der Waals surface area contributed by atoms with E-state index in [-0.39, 0.29) is 30.8 Å². The number of ketones is 2. The van der Waals surface area contributed by atoms with Crippen molar-refractivity contribution in [1.29, 1.82) is 0 Å². The quantitative estimate of drug-likeness (QED) is 0.394. The van der Waals surface area contributed by atoms with Gasteiger partial charge in [-0.1, -0.05) is 6.92 Å². The fourth-order valence-electron chi connectivity index (χ4n) is 2.53. The number of carbonyl (C=O) groups is 3. The van der Waals surface area contributed by atoms with E-state index in [1.54, 1.807) is 6.92 Å². The minimum Gasteiger partial charge on any atom is -0.475 e. The van der Waals surface area contributed by atoms with E-state index >= 15 is 0 Å². The van der Waals surface area contributed by atoms with E-state index in [9.17, 15) is 27.6 Å². The number of carbonyl (C=O) groups excluding carboxylic acids is 3. The predicted octanol–water partition coefficient (Wildman–Crippen LogP) is 4.75. The molecule has 0 aliphatic heterocycles. The Morgan fingerprint density at radius 1 is 0.839 bits per heavy atom. The average Bonchev–Trinajstić information content (AvgIpc) is 2.75. The average molecular weight is 438 g/mol. The molecule has 1 atom stereocenters. The van der Waals surface area contributed by atoms with Gasteiger partial charge < -0.3 is 14.2 Å². The van der Waals surface area contributed by atoms with Gasteiger partial charge in [0, 0.05) is 12.8 Å². The summed E-state index contributed by atoms with van der Waals surface area (Å²) in [5, 5.41) is 0. The van der Waals surface area contributed by atoms with Crippen molar-refractivity contribution in [3.63, 3.8) is 0 Å². The highest BCUT2D eigenvalue weighted by Gasteiger charge is 2.30. The minimum absolute atomic E-state index is 0.0732. The van der Waals surface area contributed by atoms with Gasteiger partial charge in [-0.2, -0.15) is 13.2 Å². The molecule has 0 bridgehead atoms. The molecule has 0 radical (unpaired) electrons. The number of halogens is 3. The van der Waals surface area contributed by atoms with Crippen LogP contribution in [0.2, 0.25) is 0 Å².